The average molecular weight is 154 g/mol. The summed E-state index contributed by atoms with van der Waals surface area (Å²) in [5.41, 5.74) is 0.00694. The second-order valence-electron chi connectivity index (χ2n) is 2.02. The fraction of sp³-hybridized carbons (Fsp3) is 0. The number of benzene rings is 1. The molecule has 0 saturated carbocycles. The van der Waals surface area contributed by atoms with Crippen molar-refractivity contribution in [2.75, 3.05) is 0 Å². The molecule has 4 heteroatoms. The molecule has 0 radical (unpaired) electrons. The number of fused-ring (bicyclic) bond motifs is 1. The molecule has 0 aliphatic rings. The van der Waals surface area contributed by atoms with E-state index in [1.807, 2.05) is 0 Å². The molecule has 0 saturated heterocycles. The molecule has 0 aliphatic heterocycles. The van der Waals surface area contributed by atoms with Crippen molar-refractivity contribution in [2.24, 2.45) is 0 Å². The van der Waals surface area contributed by atoms with Crippen LogP contribution in [0.4, 0.5) is 4.39 Å². The molecule has 1 heterocycles. The standard InChI is InChI=1S/C7H3FO3/c8-4-2-1-3-5-6(4)11-7(9)10-5/h1-3H. The Kier molecular flexibility index (Phi) is 1.09. The van der Waals surface area contributed by atoms with Gasteiger partial charge in [0.1, 0.15) is 0 Å². The highest BCUT2D eigenvalue weighted by Crippen LogP contribution is 2.14. The van der Waals surface area contributed by atoms with Gasteiger partial charge in [0, 0.05) is 0 Å². The van der Waals surface area contributed by atoms with Gasteiger partial charge in [0.05, 0.1) is 0 Å². The maximum atomic E-state index is 12.7. The van der Waals surface area contributed by atoms with E-state index in [0.717, 1.165) is 0 Å². The molecule has 0 spiro atoms. The van der Waals surface area contributed by atoms with Crippen LogP contribution >= 0.6 is 0 Å². The molecule has 0 atom stereocenters. The van der Waals surface area contributed by atoms with Crippen LogP contribution in [-0.2, 0) is 0 Å². The van der Waals surface area contributed by atoms with Gasteiger partial charge in [0.25, 0.3) is 0 Å². The molecular formula is C7H3FO3. The average Bonchev–Trinajstić information content (AvgIpc) is 2.31. The van der Waals surface area contributed by atoms with Crippen molar-refractivity contribution in [3.63, 3.8) is 0 Å². The van der Waals surface area contributed by atoms with Gasteiger partial charge in [-0.15, -0.1) is 0 Å². The zero-order chi connectivity index (χ0) is 7.84. The third-order valence-electron chi connectivity index (χ3n) is 1.31. The maximum absolute atomic E-state index is 12.7. The van der Waals surface area contributed by atoms with Crippen LogP contribution in [0, 0.1) is 5.82 Å². The van der Waals surface area contributed by atoms with Crippen LogP contribution in [0.3, 0.4) is 0 Å². The molecule has 11 heavy (non-hydrogen) atoms. The van der Waals surface area contributed by atoms with E-state index in [9.17, 15) is 9.18 Å². The van der Waals surface area contributed by atoms with Gasteiger partial charge in [-0.3, -0.25) is 0 Å². The van der Waals surface area contributed by atoms with Crippen LogP contribution in [0.25, 0.3) is 11.2 Å². The predicted octanol–water partition coefficient (Wildman–Crippen LogP) is 1.53. The maximum Gasteiger partial charge on any atom is 0.519 e. The highest BCUT2D eigenvalue weighted by atomic mass is 19.1. The van der Waals surface area contributed by atoms with Gasteiger partial charge in [-0.1, -0.05) is 6.07 Å². The molecule has 0 unspecified atom stereocenters. The zero-order valence-corrected chi connectivity index (χ0v) is 5.33. The predicted molar refractivity (Wildman–Crippen MR) is 34.7 cm³/mol. The fourth-order valence-corrected chi connectivity index (χ4v) is 0.862. The van der Waals surface area contributed by atoms with Crippen molar-refractivity contribution < 1.29 is 13.2 Å². The quantitative estimate of drug-likeness (QED) is 0.577. The van der Waals surface area contributed by atoms with Crippen LogP contribution in [0.1, 0.15) is 0 Å². The summed E-state index contributed by atoms with van der Waals surface area (Å²) in [6.45, 7) is 0. The highest BCUT2D eigenvalue weighted by Gasteiger charge is 2.06. The Hall–Kier alpha value is -1.58. The van der Waals surface area contributed by atoms with Crippen LogP contribution in [0.5, 0.6) is 0 Å². The minimum atomic E-state index is -0.884. The van der Waals surface area contributed by atoms with Crippen LogP contribution in [0.2, 0.25) is 0 Å². The lowest BCUT2D eigenvalue weighted by Crippen LogP contribution is -1.84. The van der Waals surface area contributed by atoms with Gasteiger partial charge in [0.2, 0.25) is 5.58 Å². The van der Waals surface area contributed by atoms with E-state index in [1.165, 1.54) is 18.2 Å². The fourth-order valence-electron chi connectivity index (χ4n) is 0.862. The van der Waals surface area contributed by atoms with Crippen molar-refractivity contribution in [1.29, 1.82) is 0 Å². The summed E-state index contributed by atoms with van der Waals surface area (Å²) in [4.78, 5) is 10.4. The summed E-state index contributed by atoms with van der Waals surface area (Å²) in [6, 6.07) is 4.10. The first-order valence-electron chi connectivity index (χ1n) is 2.95. The molecular weight excluding hydrogens is 151 g/mol. The Bertz CT molecular complexity index is 440. The second-order valence-corrected chi connectivity index (χ2v) is 2.02. The molecule has 0 amide bonds. The summed E-state index contributed by atoms with van der Waals surface area (Å²) in [5.74, 6) is -1.47. The monoisotopic (exact) mass is 154 g/mol. The molecule has 0 N–H and O–H groups in total. The topological polar surface area (TPSA) is 43.4 Å². The summed E-state index contributed by atoms with van der Waals surface area (Å²) < 4.78 is 21.6. The van der Waals surface area contributed by atoms with Gasteiger partial charge in [-0.25, -0.2) is 9.18 Å². The Balaban J connectivity index is 3.01. The molecule has 0 bridgehead atoms. The molecule has 2 rings (SSSR count). The molecule has 1 aromatic heterocycles. The second kappa shape index (κ2) is 1.95. The first-order valence-corrected chi connectivity index (χ1v) is 2.95. The van der Waals surface area contributed by atoms with Gasteiger partial charge >= 0.3 is 5.82 Å². The lowest BCUT2D eigenvalue weighted by molar-refractivity contribution is 0.405. The van der Waals surface area contributed by atoms with E-state index in [4.69, 9.17) is 0 Å². The van der Waals surface area contributed by atoms with Crippen LogP contribution in [0.15, 0.2) is 31.8 Å². The molecule has 0 aliphatic carbocycles. The lowest BCUT2D eigenvalue weighted by atomic mass is 10.3. The SMILES string of the molecule is O=c1oc2cccc(F)c2o1. The molecule has 56 valence electrons. The molecule has 2 aromatic rings. The van der Waals surface area contributed by atoms with Crippen molar-refractivity contribution >= 4 is 11.2 Å². The number of hydrogen-bond acceptors (Lipinski definition) is 3. The van der Waals surface area contributed by atoms with E-state index < -0.39 is 11.6 Å². The van der Waals surface area contributed by atoms with Crippen LogP contribution in [-0.4, -0.2) is 0 Å². The Labute approximate surface area is 60.0 Å². The normalized spacial score (nSPS) is 10.6. The summed E-state index contributed by atoms with van der Waals surface area (Å²) in [6.07, 6.45) is 0. The van der Waals surface area contributed by atoms with Gasteiger partial charge in [-0.2, -0.15) is 0 Å². The first-order chi connectivity index (χ1) is 5.27. The van der Waals surface area contributed by atoms with E-state index >= 15 is 0 Å². The Morgan fingerprint density at radius 2 is 2.09 bits per heavy atom. The Morgan fingerprint density at radius 1 is 1.27 bits per heavy atom. The summed E-state index contributed by atoms with van der Waals surface area (Å²) in [7, 11) is 0. The number of halogens is 1. The van der Waals surface area contributed by atoms with Gasteiger partial charge in [-0.05, 0) is 12.1 Å². The van der Waals surface area contributed by atoms with Crippen LogP contribution < -0.4 is 5.82 Å². The number of hydrogen-bond donors (Lipinski definition) is 0. The molecule has 1 aromatic carbocycles. The molecule has 0 fully saturated rings. The van der Waals surface area contributed by atoms with E-state index in [-0.39, 0.29) is 11.2 Å². The third-order valence-corrected chi connectivity index (χ3v) is 1.31. The first kappa shape index (κ1) is 6.15. The van der Waals surface area contributed by atoms with E-state index in [2.05, 4.69) is 8.83 Å². The van der Waals surface area contributed by atoms with Crippen molar-refractivity contribution in [3.8, 4) is 0 Å². The minimum Gasteiger partial charge on any atom is -0.391 e. The zero-order valence-electron chi connectivity index (χ0n) is 5.33. The minimum absolute atomic E-state index is 0.127. The summed E-state index contributed by atoms with van der Waals surface area (Å²) >= 11 is 0. The number of rotatable bonds is 0. The smallest absolute Gasteiger partial charge is 0.391 e. The van der Waals surface area contributed by atoms with Crippen molar-refractivity contribution in [2.45, 2.75) is 0 Å². The molecule has 3 nitrogen and oxygen atoms in total. The summed E-state index contributed by atoms with van der Waals surface area (Å²) in [5, 5.41) is 0. The van der Waals surface area contributed by atoms with E-state index in [1.54, 1.807) is 0 Å². The van der Waals surface area contributed by atoms with Crippen molar-refractivity contribution in [3.05, 3.63) is 34.6 Å². The van der Waals surface area contributed by atoms with Gasteiger partial charge < -0.3 is 8.83 Å². The third kappa shape index (κ3) is 0.832. The van der Waals surface area contributed by atoms with E-state index in [0.29, 0.717) is 0 Å². The Morgan fingerprint density at radius 3 is 2.82 bits per heavy atom. The van der Waals surface area contributed by atoms with Gasteiger partial charge in [0.15, 0.2) is 11.4 Å². The highest BCUT2D eigenvalue weighted by molar-refractivity contribution is 5.69. The largest absolute Gasteiger partial charge is 0.519 e. The van der Waals surface area contributed by atoms with Crippen molar-refractivity contribution in [1.82, 2.24) is 0 Å². The lowest BCUT2D eigenvalue weighted by Gasteiger charge is -1.83. The number of para-hydroxylation sites is 1.